The van der Waals surface area contributed by atoms with Gasteiger partial charge in [0.2, 0.25) is 0 Å². The van der Waals surface area contributed by atoms with Gasteiger partial charge < -0.3 is 0 Å². The summed E-state index contributed by atoms with van der Waals surface area (Å²) in [5, 5.41) is 0.593. The van der Waals surface area contributed by atoms with E-state index in [1.54, 1.807) is 24.3 Å². The summed E-state index contributed by atoms with van der Waals surface area (Å²) in [5.74, 6) is -0.262. The Morgan fingerprint density at radius 3 is 2.12 bits per heavy atom. The van der Waals surface area contributed by atoms with Gasteiger partial charge in [-0.25, -0.2) is 0 Å². The monoisotopic (exact) mass is 296 g/mol. The van der Waals surface area contributed by atoms with E-state index in [9.17, 15) is 4.79 Å². The van der Waals surface area contributed by atoms with E-state index in [1.165, 1.54) is 4.53 Å². The molecule has 0 saturated heterocycles. The average molecular weight is 298 g/mol. The van der Waals surface area contributed by atoms with Gasteiger partial charge in [0, 0.05) is 27.9 Å². The molecule has 0 aromatic heterocycles. The van der Waals surface area contributed by atoms with Crippen molar-refractivity contribution in [1.29, 1.82) is 0 Å². The Kier molecular flexibility index (Phi) is 6.27. The number of hydrogen-bond acceptors (Lipinski definition) is 2. The van der Waals surface area contributed by atoms with E-state index in [0.29, 0.717) is 10.6 Å². The largest absolute Gasteiger partial charge is 0.270 e. The normalized spacial score (nSPS) is 10.9. The lowest BCUT2D eigenvalue weighted by atomic mass is 10.1. The van der Waals surface area contributed by atoms with Crippen molar-refractivity contribution in [2.45, 2.75) is 26.3 Å². The lowest BCUT2D eigenvalue weighted by Crippen LogP contribution is -2.46. The number of carbonyl (C=O) groups excluding carboxylic acids is 1. The van der Waals surface area contributed by atoms with E-state index in [2.05, 4.69) is 5.43 Å². The van der Waals surface area contributed by atoms with Gasteiger partial charge in [0.05, 0.1) is 0 Å². The summed E-state index contributed by atoms with van der Waals surface area (Å²) in [4.78, 5) is 11.7. The first-order valence-electron chi connectivity index (χ1n) is 4.83. The highest BCUT2D eigenvalue weighted by molar-refractivity contribution is 6.30. The molecular weight excluding hydrogens is 282 g/mol. The Balaban J connectivity index is 0.00000256. The maximum Gasteiger partial charge on any atom is 0.266 e. The van der Waals surface area contributed by atoms with E-state index in [4.69, 9.17) is 23.4 Å². The minimum atomic E-state index is -0.344. The summed E-state index contributed by atoms with van der Waals surface area (Å²) in [6, 6.07) is 6.61. The highest BCUT2D eigenvalue weighted by atomic mass is 35.5. The molecule has 0 atom stereocenters. The first-order chi connectivity index (χ1) is 7.30. The van der Waals surface area contributed by atoms with E-state index in [0.717, 1.165) is 0 Å². The Morgan fingerprint density at radius 2 is 1.71 bits per heavy atom. The van der Waals surface area contributed by atoms with Crippen molar-refractivity contribution in [3.63, 3.8) is 0 Å². The Hall–Kier alpha value is -0.480. The molecule has 0 spiro atoms. The van der Waals surface area contributed by atoms with Crippen molar-refractivity contribution in [2.24, 2.45) is 0 Å². The predicted molar refractivity (Wildman–Crippen MR) is 73.6 cm³/mol. The third-order valence-electron chi connectivity index (χ3n) is 1.90. The molecule has 1 aromatic rings. The van der Waals surface area contributed by atoms with Gasteiger partial charge in [-0.1, -0.05) is 11.6 Å². The van der Waals surface area contributed by atoms with Crippen molar-refractivity contribution in [2.75, 3.05) is 0 Å². The van der Waals surface area contributed by atoms with Crippen LogP contribution in [0.25, 0.3) is 0 Å². The summed E-state index contributed by atoms with van der Waals surface area (Å²) in [5.41, 5.74) is 2.74. The number of carbonyl (C=O) groups is 1. The Morgan fingerprint density at radius 1 is 1.24 bits per heavy atom. The molecule has 3 nitrogen and oxygen atoms in total. The Labute approximate surface area is 118 Å². The summed E-state index contributed by atoms with van der Waals surface area (Å²) in [6.45, 7) is 5.67. The minimum absolute atomic E-state index is 0. The Bertz CT molecular complexity index is 373. The number of hydrazine groups is 1. The zero-order valence-corrected chi connectivity index (χ0v) is 12.2. The first kappa shape index (κ1) is 16.5. The predicted octanol–water partition coefficient (Wildman–Crippen LogP) is 3.66. The van der Waals surface area contributed by atoms with E-state index >= 15 is 0 Å². The van der Waals surface area contributed by atoms with Gasteiger partial charge in [0.25, 0.3) is 5.91 Å². The first-order valence-corrected chi connectivity index (χ1v) is 5.55. The summed E-state index contributed by atoms with van der Waals surface area (Å²) in [6.07, 6.45) is 0. The molecule has 6 heteroatoms. The second kappa shape index (κ2) is 6.45. The van der Waals surface area contributed by atoms with Crippen molar-refractivity contribution >= 4 is 41.7 Å². The third kappa shape index (κ3) is 5.13. The van der Waals surface area contributed by atoms with Crippen LogP contribution in [0.5, 0.6) is 0 Å². The quantitative estimate of drug-likeness (QED) is 0.667. The highest BCUT2D eigenvalue weighted by Crippen LogP contribution is 2.14. The molecule has 17 heavy (non-hydrogen) atoms. The van der Waals surface area contributed by atoms with Crippen LogP contribution in [0.4, 0.5) is 0 Å². The molecule has 0 aliphatic heterocycles. The molecular formula is C11H15Cl3N2O. The number of nitrogens with one attached hydrogen (secondary N) is 1. The SMILES string of the molecule is CC(C)(C)N(Cl)NC(=O)c1ccc(Cl)cc1.Cl. The number of nitrogens with zero attached hydrogens (tertiary/aromatic N) is 1. The molecule has 0 radical (unpaired) electrons. The molecule has 0 aliphatic carbocycles. The van der Waals surface area contributed by atoms with Gasteiger partial charge in [0.1, 0.15) is 0 Å². The molecule has 96 valence electrons. The van der Waals surface area contributed by atoms with Gasteiger partial charge in [-0.3, -0.25) is 10.2 Å². The van der Waals surface area contributed by atoms with Crippen LogP contribution >= 0.6 is 35.8 Å². The molecule has 0 aliphatic rings. The second-order valence-corrected chi connectivity index (χ2v) is 5.17. The summed E-state index contributed by atoms with van der Waals surface area (Å²) in [7, 11) is 0. The van der Waals surface area contributed by atoms with Crippen LogP contribution in [0.2, 0.25) is 5.02 Å². The van der Waals surface area contributed by atoms with Gasteiger partial charge in [-0.15, -0.1) is 16.9 Å². The van der Waals surface area contributed by atoms with Gasteiger partial charge in [-0.2, -0.15) is 0 Å². The molecule has 0 unspecified atom stereocenters. The molecule has 0 saturated carbocycles. The maximum absolute atomic E-state index is 11.7. The fraction of sp³-hybridized carbons (Fsp3) is 0.364. The lowest BCUT2D eigenvalue weighted by molar-refractivity contribution is 0.0806. The number of amides is 1. The topological polar surface area (TPSA) is 32.3 Å². The van der Waals surface area contributed by atoms with E-state index < -0.39 is 0 Å². The third-order valence-corrected chi connectivity index (χ3v) is 2.74. The number of hydrogen-bond donors (Lipinski definition) is 1. The zero-order valence-electron chi connectivity index (χ0n) is 9.83. The van der Waals surface area contributed by atoms with Crippen LogP contribution in [0.15, 0.2) is 24.3 Å². The fourth-order valence-corrected chi connectivity index (χ4v) is 1.13. The molecule has 1 amide bonds. The molecule has 0 fully saturated rings. The second-order valence-electron chi connectivity index (χ2n) is 4.40. The number of halogens is 3. The molecule has 1 N–H and O–H groups in total. The number of benzene rings is 1. The number of rotatable bonds is 2. The maximum atomic E-state index is 11.7. The van der Waals surface area contributed by atoms with Crippen LogP contribution in [0.3, 0.4) is 0 Å². The van der Waals surface area contributed by atoms with Crippen LogP contribution in [-0.2, 0) is 0 Å². The van der Waals surface area contributed by atoms with Crippen molar-refractivity contribution in [3.05, 3.63) is 34.9 Å². The van der Waals surface area contributed by atoms with E-state index in [-0.39, 0.29) is 23.9 Å². The van der Waals surface area contributed by atoms with E-state index in [1.807, 2.05) is 20.8 Å². The van der Waals surface area contributed by atoms with Crippen LogP contribution in [-0.4, -0.2) is 16.0 Å². The standard InChI is InChI=1S/C11H14Cl2N2O.ClH/c1-11(2,3)15(13)14-10(16)8-4-6-9(12)7-5-8;/h4-7H,1-3H3,(H,14,16);1H. The van der Waals surface area contributed by atoms with Crippen LogP contribution < -0.4 is 5.43 Å². The average Bonchev–Trinajstić information content (AvgIpc) is 2.17. The van der Waals surface area contributed by atoms with Crippen molar-refractivity contribution in [1.82, 2.24) is 9.95 Å². The fourth-order valence-electron chi connectivity index (χ4n) is 0.923. The zero-order chi connectivity index (χ0) is 12.3. The van der Waals surface area contributed by atoms with Crippen LogP contribution in [0, 0.1) is 0 Å². The molecule has 1 rings (SSSR count). The van der Waals surface area contributed by atoms with Gasteiger partial charge in [0.15, 0.2) is 0 Å². The minimum Gasteiger partial charge on any atom is -0.270 e. The molecule has 1 aromatic carbocycles. The summed E-state index contributed by atoms with van der Waals surface area (Å²) >= 11 is 11.6. The van der Waals surface area contributed by atoms with Gasteiger partial charge in [-0.05, 0) is 45.0 Å². The summed E-state index contributed by atoms with van der Waals surface area (Å²) < 4.78 is 1.25. The van der Waals surface area contributed by atoms with Crippen molar-refractivity contribution in [3.8, 4) is 0 Å². The lowest BCUT2D eigenvalue weighted by Gasteiger charge is -2.28. The molecule has 0 bridgehead atoms. The van der Waals surface area contributed by atoms with Crippen molar-refractivity contribution < 1.29 is 4.79 Å². The smallest absolute Gasteiger partial charge is 0.266 e. The highest BCUT2D eigenvalue weighted by Gasteiger charge is 2.21. The van der Waals surface area contributed by atoms with Gasteiger partial charge >= 0.3 is 0 Å². The molecule has 0 heterocycles. The van der Waals surface area contributed by atoms with Crippen LogP contribution in [0.1, 0.15) is 31.1 Å².